The standard InChI is InChI=1S/C6H9NO3/c8-4-5-2-1-3-7(5)6(9)10/h4-5H,1-3H2,(H,9,10)/t5-/m1/s1. The molecule has 1 rings (SSSR count). The Morgan fingerprint density at radius 2 is 2.40 bits per heavy atom. The number of carboxylic acid groups (broad SMARTS) is 1. The van der Waals surface area contributed by atoms with E-state index in [0.29, 0.717) is 19.3 Å². The minimum Gasteiger partial charge on any atom is -0.465 e. The molecule has 1 aliphatic heterocycles. The van der Waals surface area contributed by atoms with Gasteiger partial charge in [-0.3, -0.25) is 4.90 Å². The summed E-state index contributed by atoms with van der Waals surface area (Å²) in [6.07, 6.45) is 1.18. The van der Waals surface area contributed by atoms with Crippen LogP contribution < -0.4 is 0 Å². The molecule has 0 radical (unpaired) electrons. The van der Waals surface area contributed by atoms with Crippen LogP contribution in [0.3, 0.4) is 0 Å². The van der Waals surface area contributed by atoms with E-state index in [9.17, 15) is 9.59 Å². The van der Waals surface area contributed by atoms with E-state index in [1.54, 1.807) is 0 Å². The number of hydrogen-bond acceptors (Lipinski definition) is 2. The Kier molecular flexibility index (Phi) is 1.89. The lowest BCUT2D eigenvalue weighted by atomic mass is 10.2. The van der Waals surface area contributed by atoms with Crippen molar-refractivity contribution < 1.29 is 14.7 Å². The van der Waals surface area contributed by atoms with Crippen LogP contribution in [0.5, 0.6) is 0 Å². The zero-order valence-electron chi connectivity index (χ0n) is 5.49. The fourth-order valence-corrected chi connectivity index (χ4v) is 1.17. The molecule has 0 aromatic heterocycles. The van der Waals surface area contributed by atoms with Crippen molar-refractivity contribution in [1.29, 1.82) is 0 Å². The lowest BCUT2D eigenvalue weighted by Gasteiger charge is -2.14. The molecule has 1 heterocycles. The highest BCUT2D eigenvalue weighted by atomic mass is 16.4. The molecular weight excluding hydrogens is 134 g/mol. The van der Waals surface area contributed by atoms with Gasteiger partial charge in [-0.2, -0.15) is 0 Å². The van der Waals surface area contributed by atoms with E-state index in [1.165, 1.54) is 4.90 Å². The van der Waals surface area contributed by atoms with Crippen molar-refractivity contribution in [3.05, 3.63) is 0 Å². The van der Waals surface area contributed by atoms with Crippen molar-refractivity contribution in [2.24, 2.45) is 0 Å². The molecule has 4 heteroatoms. The third-order valence-electron chi connectivity index (χ3n) is 1.70. The molecule has 1 atom stereocenters. The molecule has 0 bridgehead atoms. The maximum Gasteiger partial charge on any atom is 0.407 e. The highest BCUT2D eigenvalue weighted by Crippen LogP contribution is 2.14. The normalized spacial score (nSPS) is 24.8. The number of carbonyl (C=O) groups excluding carboxylic acids is 1. The summed E-state index contributed by atoms with van der Waals surface area (Å²) in [6.45, 7) is 0.499. The van der Waals surface area contributed by atoms with E-state index in [2.05, 4.69) is 0 Å². The highest BCUT2D eigenvalue weighted by molar-refractivity contribution is 5.72. The van der Waals surface area contributed by atoms with Gasteiger partial charge in [0.1, 0.15) is 6.29 Å². The Morgan fingerprint density at radius 3 is 2.80 bits per heavy atom. The molecule has 0 saturated carbocycles. The molecule has 1 aliphatic rings. The lowest BCUT2D eigenvalue weighted by Crippen LogP contribution is -2.34. The van der Waals surface area contributed by atoms with Crippen molar-refractivity contribution in [3.8, 4) is 0 Å². The topological polar surface area (TPSA) is 57.6 Å². The van der Waals surface area contributed by atoms with Gasteiger partial charge < -0.3 is 9.90 Å². The summed E-state index contributed by atoms with van der Waals surface area (Å²) in [5.74, 6) is 0. The maximum atomic E-state index is 10.3. The second-order valence-electron chi connectivity index (χ2n) is 2.32. The van der Waals surface area contributed by atoms with E-state index in [0.717, 1.165) is 6.42 Å². The van der Waals surface area contributed by atoms with Crippen LogP contribution in [0.25, 0.3) is 0 Å². The SMILES string of the molecule is O=C[C@H]1CCCN1C(=O)O. The van der Waals surface area contributed by atoms with Gasteiger partial charge in [0.2, 0.25) is 0 Å². The van der Waals surface area contributed by atoms with Crippen LogP contribution in [0.2, 0.25) is 0 Å². The van der Waals surface area contributed by atoms with Gasteiger partial charge >= 0.3 is 6.09 Å². The quantitative estimate of drug-likeness (QED) is 0.538. The minimum atomic E-state index is -0.991. The van der Waals surface area contributed by atoms with Crippen LogP contribution in [0.1, 0.15) is 12.8 Å². The number of aldehydes is 1. The number of carbonyl (C=O) groups is 2. The van der Waals surface area contributed by atoms with Crippen LogP contribution in [0.4, 0.5) is 4.79 Å². The molecule has 0 aliphatic carbocycles. The molecule has 0 spiro atoms. The fourth-order valence-electron chi connectivity index (χ4n) is 1.17. The monoisotopic (exact) mass is 143 g/mol. The van der Waals surface area contributed by atoms with Gasteiger partial charge in [-0.05, 0) is 12.8 Å². The van der Waals surface area contributed by atoms with Gasteiger partial charge in [0.15, 0.2) is 0 Å². The van der Waals surface area contributed by atoms with Crippen molar-refractivity contribution in [2.75, 3.05) is 6.54 Å². The summed E-state index contributed by atoms with van der Waals surface area (Å²) in [6, 6.07) is -0.391. The van der Waals surface area contributed by atoms with Gasteiger partial charge in [-0.1, -0.05) is 0 Å². The molecular formula is C6H9NO3. The van der Waals surface area contributed by atoms with Crippen molar-refractivity contribution >= 4 is 12.4 Å². The third kappa shape index (κ3) is 1.10. The summed E-state index contributed by atoms with van der Waals surface area (Å²) in [5.41, 5.74) is 0. The molecule has 0 unspecified atom stereocenters. The second-order valence-corrected chi connectivity index (χ2v) is 2.32. The van der Waals surface area contributed by atoms with E-state index in [1.807, 2.05) is 0 Å². The Balaban J connectivity index is 2.58. The zero-order valence-corrected chi connectivity index (χ0v) is 5.49. The first kappa shape index (κ1) is 7.05. The predicted molar refractivity (Wildman–Crippen MR) is 33.8 cm³/mol. The van der Waals surface area contributed by atoms with Crippen molar-refractivity contribution in [2.45, 2.75) is 18.9 Å². The Morgan fingerprint density at radius 1 is 1.70 bits per heavy atom. The van der Waals surface area contributed by atoms with E-state index in [4.69, 9.17) is 5.11 Å². The Hall–Kier alpha value is -1.06. The predicted octanol–water partition coefficient (Wildman–Crippen LogP) is 0.328. The largest absolute Gasteiger partial charge is 0.465 e. The first-order chi connectivity index (χ1) is 4.75. The van der Waals surface area contributed by atoms with Crippen LogP contribution >= 0.6 is 0 Å². The number of likely N-dealkylation sites (tertiary alicyclic amines) is 1. The second kappa shape index (κ2) is 2.68. The van der Waals surface area contributed by atoms with E-state index in [-0.39, 0.29) is 0 Å². The summed E-state index contributed by atoms with van der Waals surface area (Å²) >= 11 is 0. The molecule has 0 aromatic carbocycles. The number of amides is 1. The third-order valence-corrected chi connectivity index (χ3v) is 1.70. The van der Waals surface area contributed by atoms with E-state index < -0.39 is 12.1 Å². The van der Waals surface area contributed by atoms with Gasteiger partial charge in [-0.25, -0.2) is 4.79 Å². The fraction of sp³-hybridized carbons (Fsp3) is 0.667. The average molecular weight is 143 g/mol. The summed E-state index contributed by atoms with van der Waals surface area (Å²) in [5, 5.41) is 8.48. The number of nitrogens with zero attached hydrogens (tertiary/aromatic N) is 1. The average Bonchev–Trinajstić information content (AvgIpc) is 2.33. The molecule has 1 fully saturated rings. The highest BCUT2D eigenvalue weighted by Gasteiger charge is 2.27. The molecule has 1 amide bonds. The van der Waals surface area contributed by atoms with Crippen LogP contribution in [0, 0.1) is 0 Å². The van der Waals surface area contributed by atoms with Crippen LogP contribution in [0.15, 0.2) is 0 Å². The van der Waals surface area contributed by atoms with Crippen LogP contribution in [-0.2, 0) is 4.79 Å². The smallest absolute Gasteiger partial charge is 0.407 e. The molecule has 10 heavy (non-hydrogen) atoms. The maximum absolute atomic E-state index is 10.3. The zero-order chi connectivity index (χ0) is 7.56. The Labute approximate surface area is 58.4 Å². The minimum absolute atomic E-state index is 0.391. The van der Waals surface area contributed by atoms with Gasteiger partial charge in [-0.15, -0.1) is 0 Å². The van der Waals surface area contributed by atoms with Gasteiger partial charge in [0.05, 0.1) is 6.04 Å². The molecule has 56 valence electrons. The van der Waals surface area contributed by atoms with Crippen molar-refractivity contribution in [3.63, 3.8) is 0 Å². The Bertz CT molecular complexity index is 157. The van der Waals surface area contributed by atoms with Crippen molar-refractivity contribution in [1.82, 2.24) is 4.90 Å². The lowest BCUT2D eigenvalue weighted by molar-refractivity contribution is -0.111. The summed E-state index contributed by atoms with van der Waals surface area (Å²) in [7, 11) is 0. The molecule has 4 nitrogen and oxygen atoms in total. The first-order valence-corrected chi connectivity index (χ1v) is 3.20. The van der Waals surface area contributed by atoms with E-state index >= 15 is 0 Å². The summed E-state index contributed by atoms with van der Waals surface area (Å²) < 4.78 is 0. The number of rotatable bonds is 1. The molecule has 1 saturated heterocycles. The van der Waals surface area contributed by atoms with Gasteiger partial charge in [0, 0.05) is 6.54 Å². The first-order valence-electron chi connectivity index (χ1n) is 3.20. The molecule has 0 aromatic rings. The van der Waals surface area contributed by atoms with Crippen LogP contribution in [-0.4, -0.2) is 35.0 Å². The molecule has 1 N–H and O–H groups in total. The summed E-state index contributed by atoms with van der Waals surface area (Å²) in [4.78, 5) is 21.7. The van der Waals surface area contributed by atoms with Gasteiger partial charge in [0.25, 0.3) is 0 Å². The number of hydrogen-bond donors (Lipinski definition) is 1.